The zero-order valence-electron chi connectivity index (χ0n) is 15.2. The van der Waals surface area contributed by atoms with Gasteiger partial charge in [0.25, 0.3) is 5.91 Å². The van der Waals surface area contributed by atoms with Crippen LogP contribution in [0.3, 0.4) is 0 Å². The highest BCUT2D eigenvalue weighted by Gasteiger charge is 2.13. The predicted octanol–water partition coefficient (Wildman–Crippen LogP) is 3.98. The summed E-state index contributed by atoms with van der Waals surface area (Å²) in [7, 11) is 1.63. The van der Waals surface area contributed by atoms with Gasteiger partial charge in [0.1, 0.15) is 5.75 Å². The quantitative estimate of drug-likeness (QED) is 0.750. The highest BCUT2D eigenvalue weighted by Crippen LogP contribution is 2.21. The normalized spacial score (nSPS) is 11.8. The van der Waals surface area contributed by atoms with Gasteiger partial charge in [-0.05, 0) is 50.5 Å². The molecule has 0 radical (unpaired) electrons. The first-order chi connectivity index (χ1) is 12.1. The van der Waals surface area contributed by atoms with Gasteiger partial charge in [-0.15, -0.1) is 0 Å². The molecule has 1 amide bonds. The molecule has 0 aliphatic carbocycles. The second kappa shape index (κ2) is 9.84. The van der Waals surface area contributed by atoms with E-state index in [0.717, 1.165) is 24.2 Å². The second-order valence-corrected chi connectivity index (χ2v) is 6.09. The number of amides is 1. The van der Waals surface area contributed by atoms with Gasteiger partial charge in [-0.1, -0.05) is 30.3 Å². The van der Waals surface area contributed by atoms with E-state index >= 15 is 0 Å². The second-order valence-electron chi connectivity index (χ2n) is 6.09. The molecule has 0 aromatic heterocycles. The van der Waals surface area contributed by atoms with Crippen LogP contribution in [0.25, 0.3) is 0 Å². The lowest BCUT2D eigenvalue weighted by atomic mass is 10.1. The third-order valence-corrected chi connectivity index (χ3v) is 4.01. The Balaban J connectivity index is 1.96. The van der Waals surface area contributed by atoms with Crippen molar-refractivity contribution in [2.24, 2.45) is 0 Å². The standard InChI is InChI=1S/C21H27NO3/c1-4-25-20-13-12-18(14-19(20)15-24-3)21(23)22-16(2)10-11-17-8-6-5-7-9-17/h5-9,12-14,16H,4,10-11,15H2,1-3H3,(H,22,23)/t16-/m1/s1. The summed E-state index contributed by atoms with van der Waals surface area (Å²) in [5.41, 5.74) is 2.79. The van der Waals surface area contributed by atoms with Gasteiger partial charge in [-0.25, -0.2) is 0 Å². The average molecular weight is 341 g/mol. The Labute approximate surface area is 150 Å². The molecule has 0 unspecified atom stereocenters. The third kappa shape index (κ3) is 5.91. The van der Waals surface area contributed by atoms with Crippen LogP contribution in [0.15, 0.2) is 48.5 Å². The van der Waals surface area contributed by atoms with Gasteiger partial charge in [-0.3, -0.25) is 4.79 Å². The molecular weight excluding hydrogens is 314 g/mol. The molecule has 0 spiro atoms. The molecular formula is C21H27NO3. The lowest BCUT2D eigenvalue weighted by Crippen LogP contribution is -2.33. The van der Waals surface area contributed by atoms with Crippen LogP contribution in [0.1, 0.15) is 41.8 Å². The molecule has 0 fully saturated rings. The van der Waals surface area contributed by atoms with E-state index in [0.29, 0.717) is 18.8 Å². The fourth-order valence-electron chi connectivity index (χ4n) is 2.69. The molecule has 0 saturated carbocycles. The smallest absolute Gasteiger partial charge is 0.251 e. The molecule has 0 saturated heterocycles. The molecule has 0 heterocycles. The summed E-state index contributed by atoms with van der Waals surface area (Å²) in [4.78, 5) is 12.5. The molecule has 2 rings (SSSR count). The number of carbonyl (C=O) groups excluding carboxylic acids is 1. The van der Waals surface area contributed by atoms with Gasteiger partial charge in [0.15, 0.2) is 0 Å². The van der Waals surface area contributed by atoms with Crippen molar-refractivity contribution >= 4 is 5.91 Å². The SMILES string of the molecule is CCOc1ccc(C(=O)N[C@H](C)CCc2ccccc2)cc1COC. The van der Waals surface area contributed by atoms with Crippen LogP contribution in [0, 0.1) is 0 Å². The van der Waals surface area contributed by atoms with Gasteiger partial charge >= 0.3 is 0 Å². The van der Waals surface area contributed by atoms with E-state index in [1.54, 1.807) is 13.2 Å². The van der Waals surface area contributed by atoms with Crippen molar-refractivity contribution in [2.75, 3.05) is 13.7 Å². The van der Waals surface area contributed by atoms with E-state index < -0.39 is 0 Å². The number of rotatable bonds is 9. The highest BCUT2D eigenvalue weighted by atomic mass is 16.5. The Morgan fingerprint density at radius 1 is 1.16 bits per heavy atom. The Morgan fingerprint density at radius 3 is 2.60 bits per heavy atom. The third-order valence-electron chi connectivity index (χ3n) is 4.01. The maximum Gasteiger partial charge on any atom is 0.251 e. The Bertz CT molecular complexity index is 670. The fraction of sp³-hybridized carbons (Fsp3) is 0.381. The van der Waals surface area contributed by atoms with Crippen molar-refractivity contribution in [3.63, 3.8) is 0 Å². The van der Waals surface area contributed by atoms with E-state index in [-0.39, 0.29) is 11.9 Å². The molecule has 0 aliphatic heterocycles. The Kier molecular flexibility index (Phi) is 7.48. The zero-order valence-corrected chi connectivity index (χ0v) is 15.2. The number of hydrogen-bond donors (Lipinski definition) is 1. The van der Waals surface area contributed by atoms with Crippen molar-refractivity contribution < 1.29 is 14.3 Å². The number of carbonyl (C=O) groups is 1. The van der Waals surface area contributed by atoms with Crippen molar-refractivity contribution in [1.29, 1.82) is 0 Å². The largest absolute Gasteiger partial charge is 0.494 e. The summed E-state index contributed by atoms with van der Waals surface area (Å²) in [6.45, 7) is 4.97. The van der Waals surface area contributed by atoms with E-state index in [1.807, 2.05) is 44.2 Å². The van der Waals surface area contributed by atoms with Crippen LogP contribution in [-0.4, -0.2) is 25.7 Å². The summed E-state index contributed by atoms with van der Waals surface area (Å²) in [6.07, 6.45) is 1.85. The van der Waals surface area contributed by atoms with Crippen LogP contribution >= 0.6 is 0 Å². The molecule has 0 aliphatic rings. The van der Waals surface area contributed by atoms with E-state index in [4.69, 9.17) is 9.47 Å². The average Bonchev–Trinajstić information content (AvgIpc) is 2.62. The van der Waals surface area contributed by atoms with Gasteiger partial charge in [0.2, 0.25) is 0 Å². The molecule has 1 atom stereocenters. The highest BCUT2D eigenvalue weighted by molar-refractivity contribution is 5.94. The van der Waals surface area contributed by atoms with Crippen LogP contribution < -0.4 is 10.1 Å². The molecule has 25 heavy (non-hydrogen) atoms. The Hall–Kier alpha value is -2.33. The summed E-state index contributed by atoms with van der Waals surface area (Å²) >= 11 is 0. The zero-order chi connectivity index (χ0) is 18.1. The van der Waals surface area contributed by atoms with Gasteiger partial charge < -0.3 is 14.8 Å². The summed E-state index contributed by atoms with van der Waals surface area (Å²) < 4.78 is 10.8. The van der Waals surface area contributed by atoms with Crippen molar-refractivity contribution in [1.82, 2.24) is 5.32 Å². The monoisotopic (exact) mass is 341 g/mol. The molecule has 2 aromatic rings. The summed E-state index contributed by atoms with van der Waals surface area (Å²) in [5, 5.41) is 3.07. The van der Waals surface area contributed by atoms with Crippen LogP contribution in [0.5, 0.6) is 5.75 Å². The molecule has 1 N–H and O–H groups in total. The molecule has 134 valence electrons. The maximum absolute atomic E-state index is 12.5. The maximum atomic E-state index is 12.5. The minimum Gasteiger partial charge on any atom is -0.494 e. The van der Waals surface area contributed by atoms with Crippen molar-refractivity contribution in [2.45, 2.75) is 39.3 Å². The number of ether oxygens (including phenoxy) is 2. The summed E-state index contributed by atoms with van der Waals surface area (Å²) in [6, 6.07) is 15.9. The molecule has 2 aromatic carbocycles. The van der Waals surface area contributed by atoms with E-state index in [2.05, 4.69) is 17.4 Å². The van der Waals surface area contributed by atoms with Crippen LogP contribution in [0.2, 0.25) is 0 Å². The number of methoxy groups -OCH3 is 1. The minimum atomic E-state index is -0.0686. The minimum absolute atomic E-state index is 0.0686. The lowest BCUT2D eigenvalue weighted by molar-refractivity contribution is 0.0938. The van der Waals surface area contributed by atoms with Gasteiger partial charge in [-0.2, -0.15) is 0 Å². The first-order valence-electron chi connectivity index (χ1n) is 8.73. The van der Waals surface area contributed by atoms with Crippen LogP contribution in [-0.2, 0) is 17.8 Å². The van der Waals surface area contributed by atoms with Gasteiger partial charge in [0, 0.05) is 24.3 Å². The molecule has 0 bridgehead atoms. The van der Waals surface area contributed by atoms with Crippen molar-refractivity contribution in [3.8, 4) is 5.75 Å². The topological polar surface area (TPSA) is 47.6 Å². The summed E-state index contributed by atoms with van der Waals surface area (Å²) in [5.74, 6) is 0.694. The number of nitrogens with one attached hydrogen (secondary N) is 1. The van der Waals surface area contributed by atoms with E-state index in [9.17, 15) is 4.79 Å². The van der Waals surface area contributed by atoms with Crippen molar-refractivity contribution in [3.05, 3.63) is 65.2 Å². The molecule has 4 heteroatoms. The van der Waals surface area contributed by atoms with Crippen LogP contribution in [0.4, 0.5) is 0 Å². The number of benzene rings is 2. The number of hydrogen-bond acceptors (Lipinski definition) is 3. The predicted molar refractivity (Wildman–Crippen MR) is 100 cm³/mol. The van der Waals surface area contributed by atoms with Gasteiger partial charge in [0.05, 0.1) is 13.2 Å². The fourth-order valence-corrected chi connectivity index (χ4v) is 2.69. The van der Waals surface area contributed by atoms with E-state index in [1.165, 1.54) is 5.56 Å². The Morgan fingerprint density at radius 2 is 1.92 bits per heavy atom. The number of aryl methyl sites for hydroxylation is 1. The molecule has 4 nitrogen and oxygen atoms in total. The lowest BCUT2D eigenvalue weighted by Gasteiger charge is -2.15. The first kappa shape index (κ1) is 19.0. The first-order valence-corrected chi connectivity index (χ1v) is 8.73.